The molecule has 0 unspecified atom stereocenters. The van der Waals surface area contributed by atoms with Gasteiger partial charge < -0.3 is 14.8 Å². The fourth-order valence-electron chi connectivity index (χ4n) is 2.50. The van der Waals surface area contributed by atoms with Crippen molar-refractivity contribution in [1.82, 2.24) is 9.55 Å². The lowest BCUT2D eigenvalue weighted by Crippen LogP contribution is -2.29. The van der Waals surface area contributed by atoms with Gasteiger partial charge >= 0.3 is 17.2 Å². The van der Waals surface area contributed by atoms with Gasteiger partial charge in [0.25, 0.3) is 0 Å². The van der Waals surface area contributed by atoms with Crippen LogP contribution in [-0.4, -0.2) is 40.6 Å². The first-order chi connectivity index (χ1) is 13.8. The van der Waals surface area contributed by atoms with Crippen molar-refractivity contribution in [3.8, 4) is 5.75 Å². The van der Waals surface area contributed by atoms with Gasteiger partial charge in [0.05, 0.1) is 34.9 Å². The minimum atomic E-state index is -1.02. The first-order valence-corrected chi connectivity index (χ1v) is 8.85. The summed E-state index contributed by atoms with van der Waals surface area (Å²) in [4.78, 5) is 50.7. The van der Waals surface area contributed by atoms with Crippen LogP contribution in [0.25, 0.3) is 10.2 Å². The van der Waals surface area contributed by atoms with Crippen molar-refractivity contribution >= 4 is 44.2 Å². The number of carbonyl (C=O) groups is 2. The Hall–Kier alpha value is -3.80. The van der Waals surface area contributed by atoms with Crippen LogP contribution in [0.4, 0.5) is 10.8 Å². The summed E-state index contributed by atoms with van der Waals surface area (Å²) in [7, 11) is 2.63. The highest BCUT2D eigenvalue weighted by molar-refractivity contribution is 7.22. The number of fused-ring (bicyclic) bond motifs is 1. The van der Waals surface area contributed by atoms with Crippen molar-refractivity contribution in [2.45, 2.75) is 6.54 Å². The van der Waals surface area contributed by atoms with E-state index < -0.39 is 34.6 Å². The molecule has 0 bridgehead atoms. The average molecular weight is 418 g/mol. The summed E-state index contributed by atoms with van der Waals surface area (Å²) in [6.07, 6.45) is 1.03. The van der Waals surface area contributed by atoms with Gasteiger partial charge in [0.15, 0.2) is 5.13 Å². The van der Waals surface area contributed by atoms with Crippen LogP contribution in [0.5, 0.6) is 5.75 Å². The zero-order valence-corrected chi connectivity index (χ0v) is 16.0. The monoisotopic (exact) mass is 418 g/mol. The maximum absolute atomic E-state index is 12.4. The molecule has 1 N–H and O–H groups in total. The normalized spacial score (nSPS) is 10.6. The average Bonchev–Trinajstić information content (AvgIpc) is 3.09. The van der Waals surface area contributed by atoms with Crippen molar-refractivity contribution in [2.24, 2.45) is 0 Å². The standard InChI is InChI=1S/C17H14N4O7S/c1-27-10-3-4-11-13(6-10)29-17(18-11)19-14(22)8-20-7-9(16(24)28-2)5-12(15(20)23)21(25)26/h3-7H,8H2,1-2H3,(H,18,19,22). The summed E-state index contributed by atoms with van der Waals surface area (Å²) in [5, 5.41) is 13.9. The van der Waals surface area contributed by atoms with E-state index in [0.29, 0.717) is 11.3 Å². The summed E-state index contributed by atoms with van der Waals surface area (Å²) in [6.45, 7) is -0.552. The number of esters is 1. The number of rotatable bonds is 6. The summed E-state index contributed by atoms with van der Waals surface area (Å²) in [6, 6.07) is 6.03. The lowest BCUT2D eigenvalue weighted by Gasteiger charge is -2.07. The van der Waals surface area contributed by atoms with E-state index in [1.54, 1.807) is 18.2 Å². The zero-order valence-electron chi connectivity index (χ0n) is 15.2. The van der Waals surface area contributed by atoms with Crippen LogP contribution < -0.4 is 15.6 Å². The molecule has 2 aromatic heterocycles. The van der Waals surface area contributed by atoms with Crippen molar-refractivity contribution in [3.63, 3.8) is 0 Å². The molecule has 2 heterocycles. The Morgan fingerprint density at radius 2 is 2.07 bits per heavy atom. The van der Waals surface area contributed by atoms with Crippen LogP contribution in [-0.2, 0) is 16.1 Å². The van der Waals surface area contributed by atoms with Crippen LogP contribution in [0.3, 0.4) is 0 Å². The molecule has 0 saturated heterocycles. The highest BCUT2D eigenvalue weighted by atomic mass is 32.1. The van der Waals surface area contributed by atoms with Gasteiger partial charge in [0.2, 0.25) is 5.91 Å². The maximum Gasteiger partial charge on any atom is 0.339 e. The summed E-state index contributed by atoms with van der Waals surface area (Å²) < 4.78 is 11.2. The minimum Gasteiger partial charge on any atom is -0.497 e. The van der Waals surface area contributed by atoms with E-state index >= 15 is 0 Å². The van der Waals surface area contributed by atoms with Gasteiger partial charge in [-0.3, -0.25) is 24.3 Å². The maximum atomic E-state index is 12.4. The third-order valence-electron chi connectivity index (χ3n) is 3.84. The van der Waals surface area contributed by atoms with E-state index in [1.807, 2.05) is 0 Å². The molecule has 0 saturated carbocycles. The third-order valence-corrected chi connectivity index (χ3v) is 4.77. The Labute approximate surface area is 166 Å². The highest BCUT2D eigenvalue weighted by Crippen LogP contribution is 2.29. The molecular formula is C17H14N4O7S. The molecule has 12 heteroatoms. The number of amides is 1. The number of thiazole rings is 1. The van der Waals surface area contributed by atoms with E-state index in [4.69, 9.17) is 4.74 Å². The van der Waals surface area contributed by atoms with E-state index in [0.717, 1.165) is 28.6 Å². The number of nitrogens with zero attached hydrogens (tertiary/aromatic N) is 3. The zero-order chi connectivity index (χ0) is 21.1. The van der Waals surface area contributed by atoms with Crippen molar-refractivity contribution in [2.75, 3.05) is 19.5 Å². The van der Waals surface area contributed by atoms with Crippen LogP contribution in [0.1, 0.15) is 10.4 Å². The van der Waals surface area contributed by atoms with E-state index in [9.17, 15) is 24.5 Å². The van der Waals surface area contributed by atoms with Gasteiger partial charge in [-0.25, -0.2) is 9.78 Å². The van der Waals surface area contributed by atoms with Crippen LogP contribution >= 0.6 is 11.3 Å². The molecule has 1 aromatic carbocycles. The number of benzene rings is 1. The second-order valence-corrected chi connectivity index (χ2v) is 6.73. The minimum absolute atomic E-state index is 0.223. The molecule has 0 spiro atoms. The Kier molecular flexibility index (Phi) is 5.54. The number of carbonyl (C=O) groups excluding carboxylic acids is 2. The smallest absolute Gasteiger partial charge is 0.339 e. The molecule has 0 aliphatic heterocycles. The van der Waals surface area contributed by atoms with E-state index in [1.165, 1.54) is 18.4 Å². The highest BCUT2D eigenvalue weighted by Gasteiger charge is 2.21. The van der Waals surface area contributed by atoms with Crippen molar-refractivity contribution in [1.29, 1.82) is 0 Å². The molecule has 0 radical (unpaired) electrons. The summed E-state index contributed by atoms with van der Waals surface area (Å²) in [5.41, 5.74) is -1.44. The molecular weight excluding hydrogens is 404 g/mol. The number of ether oxygens (including phenoxy) is 2. The molecule has 150 valence electrons. The second-order valence-electron chi connectivity index (χ2n) is 5.70. The van der Waals surface area contributed by atoms with Crippen LogP contribution in [0, 0.1) is 10.1 Å². The molecule has 1 amide bonds. The molecule has 3 aromatic rings. The fourth-order valence-corrected chi connectivity index (χ4v) is 3.41. The Morgan fingerprint density at radius 3 is 2.72 bits per heavy atom. The summed E-state index contributed by atoms with van der Waals surface area (Å²) >= 11 is 1.20. The van der Waals surface area contributed by atoms with Gasteiger partial charge in [-0.2, -0.15) is 0 Å². The first kappa shape index (κ1) is 19.9. The predicted octanol–water partition coefficient (Wildman–Crippen LogP) is 1.80. The summed E-state index contributed by atoms with van der Waals surface area (Å²) in [5.74, 6) is -0.880. The van der Waals surface area contributed by atoms with E-state index in [-0.39, 0.29) is 10.7 Å². The number of pyridine rings is 1. The van der Waals surface area contributed by atoms with Gasteiger partial charge in [-0.15, -0.1) is 0 Å². The fraction of sp³-hybridized carbons (Fsp3) is 0.176. The molecule has 29 heavy (non-hydrogen) atoms. The largest absolute Gasteiger partial charge is 0.497 e. The molecule has 0 fully saturated rings. The molecule has 0 atom stereocenters. The number of nitrogens with one attached hydrogen (secondary N) is 1. The first-order valence-electron chi connectivity index (χ1n) is 8.04. The second kappa shape index (κ2) is 8.06. The van der Waals surface area contributed by atoms with E-state index in [2.05, 4.69) is 15.0 Å². The number of aromatic nitrogens is 2. The lowest BCUT2D eigenvalue weighted by atomic mass is 10.2. The topological polar surface area (TPSA) is 143 Å². The molecule has 11 nitrogen and oxygen atoms in total. The lowest BCUT2D eigenvalue weighted by molar-refractivity contribution is -0.386. The Morgan fingerprint density at radius 1 is 1.31 bits per heavy atom. The Bertz CT molecular complexity index is 1180. The Balaban J connectivity index is 1.86. The number of anilines is 1. The van der Waals surface area contributed by atoms with Gasteiger partial charge in [0.1, 0.15) is 12.3 Å². The van der Waals surface area contributed by atoms with Crippen LogP contribution in [0.15, 0.2) is 35.3 Å². The number of nitro groups is 1. The number of hydrogen-bond donors (Lipinski definition) is 1. The molecule has 0 aliphatic rings. The quantitative estimate of drug-likeness (QED) is 0.363. The third kappa shape index (κ3) is 4.21. The predicted molar refractivity (Wildman–Crippen MR) is 103 cm³/mol. The SMILES string of the molecule is COC(=O)c1cc([N+](=O)[O-])c(=O)n(CC(=O)Nc2nc3ccc(OC)cc3s2)c1. The van der Waals surface area contributed by atoms with Crippen molar-refractivity contribution < 1.29 is 24.0 Å². The van der Waals surface area contributed by atoms with Crippen LogP contribution in [0.2, 0.25) is 0 Å². The van der Waals surface area contributed by atoms with Gasteiger partial charge in [0, 0.05) is 12.3 Å². The number of hydrogen-bond acceptors (Lipinski definition) is 9. The molecule has 3 rings (SSSR count). The van der Waals surface area contributed by atoms with Crippen molar-refractivity contribution in [3.05, 3.63) is 56.5 Å². The van der Waals surface area contributed by atoms with Gasteiger partial charge in [-0.05, 0) is 18.2 Å². The number of methoxy groups -OCH3 is 2. The molecule has 0 aliphatic carbocycles. The van der Waals surface area contributed by atoms with Gasteiger partial charge in [-0.1, -0.05) is 11.3 Å².